The van der Waals surface area contributed by atoms with Crippen LogP contribution in [0.4, 0.5) is 0 Å². The van der Waals surface area contributed by atoms with E-state index in [1.807, 2.05) is 48.5 Å². The fourth-order valence-corrected chi connectivity index (χ4v) is 3.99. The first kappa shape index (κ1) is 31.5. The summed E-state index contributed by atoms with van der Waals surface area (Å²) in [6, 6.07) is 32.2. The first-order valence-corrected chi connectivity index (χ1v) is 11.6. The largest absolute Gasteiger partial charge is 0.220 e. The van der Waals surface area contributed by atoms with E-state index in [2.05, 4.69) is 79.4 Å². The molecule has 0 bridgehead atoms. The van der Waals surface area contributed by atoms with Crippen LogP contribution in [0.1, 0.15) is 11.1 Å². The maximum Gasteiger partial charge on any atom is 0.0714 e. The summed E-state index contributed by atoms with van der Waals surface area (Å²) in [5.74, 6) is 0. The van der Waals surface area contributed by atoms with Crippen molar-refractivity contribution in [1.29, 1.82) is 0 Å². The Morgan fingerprint density at radius 1 is 0.444 bits per heavy atom. The monoisotopic (exact) mass is 670 g/mol. The zero-order chi connectivity index (χ0) is 23.6. The van der Waals surface area contributed by atoms with Gasteiger partial charge in [-0.3, -0.25) is 0 Å². The third-order valence-electron chi connectivity index (χ3n) is 4.99. The smallest absolute Gasteiger partial charge is 0.0714 e. The molecule has 0 aliphatic heterocycles. The summed E-state index contributed by atoms with van der Waals surface area (Å²) in [5.41, 5.74) is 6.60. The molecule has 178 valence electrons. The van der Waals surface area contributed by atoms with Gasteiger partial charge in [-0.2, -0.15) is 0 Å². The molecule has 0 amide bonds. The van der Waals surface area contributed by atoms with Gasteiger partial charge < -0.3 is 0 Å². The van der Waals surface area contributed by atoms with Crippen molar-refractivity contribution >= 4 is 36.2 Å². The zero-order valence-electron chi connectivity index (χ0n) is 18.9. The van der Waals surface area contributed by atoms with E-state index in [0.29, 0.717) is 0 Å². The summed E-state index contributed by atoms with van der Waals surface area (Å²) in [6.07, 6.45) is 4.17. The first-order valence-electron chi connectivity index (χ1n) is 10.1. The molecule has 10 heteroatoms. The number of hydrogen-bond acceptors (Lipinski definition) is 8. The average molecular weight is 670 g/mol. The van der Waals surface area contributed by atoms with Crippen molar-refractivity contribution in [2.75, 3.05) is 0 Å². The van der Waals surface area contributed by atoms with Crippen molar-refractivity contribution in [2.24, 2.45) is 0 Å². The second-order valence-electron chi connectivity index (χ2n) is 7.08. The molecule has 0 aromatic heterocycles. The number of rotatable bonds is 10. The van der Waals surface area contributed by atoms with E-state index >= 15 is 0 Å². The number of benzene rings is 4. The Morgan fingerprint density at radius 2 is 0.722 bits per heavy atom. The molecule has 0 atom stereocenters. The van der Waals surface area contributed by atoms with Gasteiger partial charge in [0.25, 0.3) is 0 Å². The SMILES string of the molecule is OOOSc1ccc(-c2ccc(C=Cc3ccc(-c4ccc(SOOO)cc4)cc3)cc2)cc1.[Y].[Y]. The van der Waals surface area contributed by atoms with Crippen LogP contribution < -0.4 is 0 Å². The fourth-order valence-electron chi connectivity index (χ4n) is 3.28. The van der Waals surface area contributed by atoms with Gasteiger partial charge in [-0.25, -0.2) is 10.5 Å². The van der Waals surface area contributed by atoms with Crippen molar-refractivity contribution in [3.8, 4) is 22.3 Å². The van der Waals surface area contributed by atoms with E-state index in [0.717, 1.165) is 67.3 Å². The topological polar surface area (TPSA) is 77.4 Å². The van der Waals surface area contributed by atoms with E-state index in [1.165, 1.54) is 0 Å². The minimum absolute atomic E-state index is 0. The summed E-state index contributed by atoms with van der Waals surface area (Å²) in [5, 5.41) is 23.7. The van der Waals surface area contributed by atoms with Gasteiger partial charge in [-0.1, -0.05) is 95.0 Å². The molecule has 0 heterocycles. The van der Waals surface area contributed by atoms with Crippen LogP contribution in [0.5, 0.6) is 0 Å². The Balaban J connectivity index is 0.00000228. The molecule has 0 fully saturated rings. The van der Waals surface area contributed by atoms with Crippen LogP contribution in [0.25, 0.3) is 34.4 Å². The molecule has 2 N–H and O–H groups in total. The predicted octanol–water partition coefficient (Wildman–Crippen LogP) is 8.04. The molecule has 4 aromatic rings. The van der Waals surface area contributed by atoms with E-state index in [9.17, 15) is 0 Å². The molecule has 0 aliphatic carbocycles. The van der Waals surface area contributed by atoms with Crippen LogP contribution in [0.3, 0.4) is 0 Å². The van der Waals surface area contributed by atoms with E-state index < -0.39 is 0 Å². The summed E-state index contributed by atoms with van der Waals surface area (Å²) in [7, 11) is 0. The Kier molecular flexibility index (Phi) is 14.9. The maximum atomic E-state index is 8.23. The van der Waals surface area contributed by atoms with Gasteiger partial charge in [-0.05, 0) is 57.6 Å². The van der Waals surface area contributed by atoms with Crippen LogP contribution >= 0.6 is 24.1 Å². The van der Waals surface area contributed by atoms with Crippen molar-refractivity contribution in [3.05, 3.63) is 108 Å². The van der Waals surface area contributed by atoms with Crippen LogP contribution in [0, 0.1) is 0 Å². The van der Waals surface area contributed by atoms with Crippen LogP contribution in [0.2, 0.25) is 0 Å². The molecule has 0 unspecified atom stereocenters. The molecule has 2 radical (unpaired) electrons. The summed E-state index contributed by atoms with van der Waals surface area (Å²) in [6.45, 7) is 0. The molecule has 4 rings (SSSR count). The van der Waals surface area contributed by atoms with E-state index in [-0.39, 0.29) is 65.4 Å². The van der Waals surface area contributed by atoms with Gasteiger partial charge in [0.15, 0.2) is 0 Å². The minimum Gasteiger partial charge on any atom is -0.220 e. The van der Waals surface area contributed by atoms with Gasteiger partial charge in [-0.15, -0.1) is 8.67 Å². The molecular weight excluding hydrogens is 650 g/mol. The second-order valence-corrected chi connectivity index (χ2v) is 8.63. The second kappa shape index (κ2) is 17.0. The molecule has 0 spiro atoms. The van der Waals surface area contributed by atoms with Crippen LogP contribution in [0.15, 0.2) is 107 Å². The molecule has 0 saturated carbocycles. The molecule has 0 aliphatic rings. The predicted molar refractivity (Wildman–Crippen MR) is 134 cm³/mol. The van der Waals surface area contributed by atoms with E-state index in [1.54, 1.807) is 0 Å². The normalized spacial score (nSPS) is 10.6. The third-order valence-corrected chi connectivity index (χ3v) is 6.17. The van der Waals surface area contributed by atoms with Gasteiger partial charge >= 0.3 is 0 Å². The Bertz CT molecular complexity index is 1110. The quantitative estimate of drug-likeness (QED) is 0.0761. The van der Waals surface area contributed by atoms with Crippen molar-refractivity contribution < 1.29 is 94.7 Å². The number of hydrogen-bond donors (Lipinski definition) is 2. The average Bonchev–Trinajstić information content (AvgIpc) is 2.91. The zero-order valence-corrected chi connectivity index (χ0v) is 26.2. The third kappa shape index (κ3) is 9.55. The van der Waals surface area contributed by atoms with Crippen LogP contribution in [-0.4, -0.2) is 10.5 Å². The molecular formula is C26H20O6S2Y2. The van der Waals surface area contributed by atoms with Crippen molar-refractivity contribution in [3.63, 3.8) is 0 Å². The summed E-state index contributed by atoms with van der Waals surface area (Å²) >= 11 is 1.87. The molecule has 4 aromatic carbocycles. The fraction of sp³-hybridized carbons (Fsp3) is 0. The van der Waals surface area contributed by atoms with Gasteiger partial charge in [0.05, 0.1) is 24.1 Å². The Labute approximate surface area is 268 Å². The van der Waals surface area contributed by atoms with Crippen LogP contribution in [-0.2, 0) is 84.2 Å². The van der Waals surface area contributed by atoms with Crippen molar-refractivity contribution in [2.45, 2.75) is 9.79 Å². The molecule has 36 heavy (non-hydrogen) atoms. The minimum atomic E-state index is 0. The summed E-state index contributed by atoms with van der Waals surface area (Å²) < 4.78 is 8.88. The Hall–Kier alpha value is -0.712. The molecule has 6 nitrogen and oxygen atoms in total. The van der Waals surface area contributed by atoms with Gasteiger partial charge in [0.1, 0.15) is 0 Å². The Morgan fingerprint density at radius 3 is 1.00 bits per heavy atom. The maximum absolute atomic E-state index is 8.23. The van der Waals surface area contributed by atoms with Gasteiger partial charge in [0.2, 0.25) is 0 Å². The summed E-state index contributed by atoms with van der Waals surface area (Å²) in [4.78, 5) is 1.64. The first-order chi connectivity index (χ1) is 16.7. The molecule has 0 saturated heterocycles. The standard InChI is InChI=1S/C26H20O6S2.2Y/c27-29-31-33-25-15-11-23(12-16-25)21-7-3-19(4-8-21)1-2-20-5-9-22(10-6-20)24-13-17-26(18-14-24)34-32-30-28;;/h1-18,27-28H;;. The van der Waals surface area contributed by atoms with Crippen molar-refractivity contribution in [1.82, 2.24) is 0 Å². The van der Waals surface area contributed by atoms with Gasteiger partial charge in [0, 0.05) is 75.2 Å². The van der Waals surface area contributed by atoms with E-state index in [4.69, 9.17) is 10.5 Å².